The van der Waals surface area contributed by atoms with Crippen molar-refractivity contribution in [1.29, 1.82) is 5.26 Å². The summed E-state index contributed by atoms with van der Waals surface area (Å²) in [7, 11) is 3.00. The van der Waals surface area contributed by atoms with Crippen LogP contribution in [-0.4, -0.2) is 24.7 Å². The van der Waals surface area contributed by atoms with Crippen molar-refractivity contribution < 1.29 is 14.3 Å². The maximum atomic E-state index is 12.5. The number of rotatable bonds is 5. The van der Waals surface area contributed by atoms with Gasteiger partial charge in [0.1, 0.15) is 24.1 Å². The molecular formula is C19H16ClN3O3. The van der Waals surface area contributed by atoms with Crippen molar-refractivity contribution in [1.82, 2.24) is 4.57 Å². The molecule has 1 aromatic heterocycles. The van der Waals surface area contributed by atoms with Crippen LogP contribution in [-0.2, 0) is 11.3 Å². The number of nitrogens with zero attached hydrogens (tertiary/aromatic N) is 2. The second kappa shape index (κ2) is 7.38. The maximum absolute atomic E-state index is 12.5. The molecule has 0 bridgehead atoms. The third-order valence-electron chi connectivity index (χ3n) is 3.97. The zero-order valence-electron chi connectivity index (χ0n) is 14.2. The number of ether oxygens (including phenoxy) is 2. The number of halogens is 1. The van der Waals surface area contributed by atoms with Crippen LogP contribution in [0.25, 0.3) is 10.9 Å². The van der Waals surface area contributed by atoms with Crippen molar-refractivity contribution in [2.45, 2.75) is 6.54 Å². The van der Waals surface area contributed by atoms with Crippen LogP contribution >= 0.6 is 11.6 Å². The van der Waals surface area contributed by atoms with E-state index in [9.17, 15) is 10.1 Å². The minimum Gasteiger partial charge on any atom is -0.495 e. The molecule has 132 valence electrons. The lowest BCUT2D eigenvalue weighted by molar-refractivity contribution is -0.116. The van der Waals surface area contributed by atoms with Crippen molar-refractivity contribution in [3.8, 4) is 17.6 Å². The molecule has 0 aliphatic heterocycles. The fourth-order valence-electron chi connectivity index (χ4n) is 2.77. The predicted octanol–water partition coefficient (Wildman–Crippen LogP) is 3.82. The molecule has 2 aromatic carbocycles. The monoisotopic (exact) mass is 369 g/mol. The summed E-state index contributed by atoms with van der Waals surface area (Å²) < 4.78 is 12.2. The highest BCUT2D eigenvalue weighted by molar-refractivity contribution is 6.32. The molecule has 1 heterocycles. The molecule has 3 aromatic rings. The lowest BCUT2D eigenvalue weighted by Crippen LogP contribution is -2.18. The summed E-state index contributed by atoms with van der Waals surface area (Å²) in [5.41, 5.74) is 1.79. The Morgan fingerprint density at radius 2 is 1.96 bits per heavy atom. The van der Waals surface area contributed by atoms with Crippen molar-refractivity contribution in [2.24, 2.45) is 0 Å². The maximum Gasteiger partial charge on any atom is 0.244 e. The highest BCUT2D eigenvalue weighted by Crippen LogP contribution is 2.35. The lowest BCUT2D eigenvalue weighted by Gasteiger charge is -2.13. The van der Waals surface area contributed by atoms with E-state index in [1.54, 1.807) is 22.9 Å². The minimum absolute atomic E-state index is 0.0506. The van der Waals surface area contributed by atoms with Crippen LogP contribution in [0.1, 0.15) is 5.56 Å². The zero-order chi connectivity index (χ0) is 18.7. The van der Waals surface area contributed by atoms with Gasteiger partial charge in [-0.15, -0.1) is 0 Å². The number of fused-ring (bicyclic) bond motifs is 1. The first-order valence-electron chi connectivity index (χ1n) is 7.76. The molecule has 0 atom stereocenters. The standard InChI is InChI=1S/C19H16ClN3O3/c1-25-17-8-18(26-2)15(7-14(17)20)22-19(24)11-23-10-12(9-21)13-5-3-4-6-16(13)23/h3-8,10H,11H2,1-2H3,(H,22,24). The van der Waals surface area contributed by atoms with Gasteiger partial charge >= 0.3 is 0 Å². The number of hydrogen-bond acceptors (Lipinski definition) is 4. The van der Waals surface area contributed by atoms with Gasteiger partial charge in [-0.05, 0) is 12.1 Å². The highest BCUT2D eigenvalue weighted by atomic mass is 35.5. The molecule has 0 aliphatic carbocycles. The quantitative estimate of drug-likeness (QED) is 0.741. The Bertz CT molecular complexity index is 1020. The van der Waals surface area contributed by atoms with Gasteiger partial charge in [-0.25, -0.2) is 0 Å². The van der Waals surface area contributed by atoms with Crippen LogP contribution in [0.3, 0.4) is 0 Å². The first-order valence-corrected chi connectivity index (χ1v) is 8.14. The molecule has 3 rings (SSSR count). The second-order valence-electron chi connectivity index (χ2n) is 5.53. The van der Waals surface area contributed by atoms with E-state index in [0.29, 0.717) is 27.8 Å². The molecule has 0 saturated heterocycles. The highest BCUT2D eigenvalue weighted by Gasteiger charge is 2.14. The van der Waals surface area contributed by atoms with Gasteiger partial charge in [0.2, 0.25) is 5.91 Å². The van der Waals surface area contributed by atoms with Crippen LogP contribution in [0.2, 0.25) is 5.02 Å². The van der Waals surface area contributed by atoms with E-state index in [0.717, 1.165) is 10.9 Å². The Morgan fingerprint density at radius 3 is 2.65 bits per heavy atom. The number of hydrogen-bond donors (Lipinski definition) is 1. The van der Waals surface area contributed by atoms with Crippen LogP contribution in [0.4, 0.5) is 5.69 Å². The average Bonchev–Trinajstić information content (AvgIpc) is 3.00. The second-order valence-corrected chi connectivity index (χ2v) is 5.94. The SMILES string of the molecule is COc1cc(OC)c(NC(=O)Cn2cc(C#N)c3ccccc32)cc1Cl. The normalized spacial score (nSPS) is 10.4. The first-order chi connectivity index (χ1) is 12.6. The largest absolute Gasteiger partial charge is 0.495 e. The van der Waals surface area contributed by atoms with Crippen LogP contribution in [0.15, 0.2) is 42.6 Å². The number of methoxy groups -OCH3 is 2. The van der Waals surface area contributed by atoms with Gasteiger partial charge in [0.25, 0.3) is 0 Å². The van der Waals surface area contributed by atoms with Crippen molar-refractivity contribution in [2.75, 3.05) is 19.5 Å². The number of carbonyl (C=O) groups excluding carboxylic acids is 1. The van der Waals surface area contributed by atoms with Gasteiger partial charge in [-0.2, -0.15) is 5.26 Å². The number of anilines is 1. The van der Waals surface area contributed by atoms with Crippen LogP contribution < -0.4 is 14.8 Å². The Kier molecular flexibility index (Phi) is 5.01. The molecular weight excluding hydrogens is 354 g/mol. The van der Waals surface area contributed by atoms with Gasteiger partial charge in [-0.3, -0.25) is 4.79 Å². The summed E-state index contributed by atoms with van der Waals surface area (Å²) in [6.07, 6.45) is 1.67. The van der Waals surface area contributed by atoms with E-state index < -0.39 is 0 Å². The van der Waals surface area contributed by atoms with Crippen molar-refractivity contribution in [3.63, 3.8) is 0 Å². The fraction of sp³-hybridized carbons (Fsp3) is 0.158. The number of aromatic nitrogens is 1. The number of nitriles is 1. The third kappa shape index (κ3) is 3.30. The van der Waals surface area contributed by atoms with Crippen molar-refractivity contribution in [3.05, 3.63) is 53.2 Å². The summed E-state index contributed by atoms with van der Waals surface area (Å²) in [5, 5.41) is 13.2. The van der Waals surface area contributed by atoms with Crippen LogP contribution in [0.5, 0.6) is 11.5 Å². The van der Waals surface area contributed by atoms with E-state index in [2.05, 4.69) is 11.4 Å². The average molecular weight is 370 g/mol. The summed E-state index contributed by atoms with van der Waals surface area (Å²) >= 11 is 6.13. The molecule has 0 fully saturated rings. The topological polar surface area (TPSA) is 76.3 Å². The number of carbonyl (C=O) groups is 1. The zero-order valence-corrected chi connectivity index (χ0v) is 15.0. The lowest BCUT2D eigenvalue weighted by atomic mass is 10.2. The Balaban J connectivity index is 1.87. The number of benzene rings is 2. The first kappa shape index (κ1) is 17.6. The van der Waals surface area contributed by atoms with Crippen molar-refractivity contribution >= 4 is 34.1 Å². The van der Waals surface area contributed by atoms with Gasteiger partial charge in [-0.1, -0.05) is 29.8 Å². The molecule has 0 aliphatic rings. The molecule has 1 amide bonds. The predicted molar refractivity (Wildman–Crippen MR) is 99.8 cm³/mol. The molecule has 26 heavy (non-hydrogen) atoms. The van der Waals surface area contributed by atoms with E-state index in [-0.39, 0.29) is 12.5 Å². The molecule has 7 heteroatoms. The van der Waals surface area contributed by atoms with E-state index >= 15 is 0 Å². The summed E-state index contributed by atoms with van der Waals surface area (Å²) in [6, 6.07) is 12.8. The molecule has 0 radical (unpaired) electrons. The number of para-hydroxylation sites is 1. The minimum atomic E-state index is -0.269. The van der Waals surface area contributed by atoms with Gasteiger partial charge in [0, 0.05) is 23.2 Å². The molecule has 6 nitrogen and oxygen atoms in total. The van der Waals surface area contributed by atoms with E-state index in [1.807, 2.05) is 24.3 Å². The molecule has 0 spiro atoms. The van der Waals surface area contributed by atoms with Gasteiger partial charge < -0.3 is 19.4 Å². The molecule has 1 N–H and O–H groups in total. The van der Waals surface area contributed by atoms with Gasteiger partial charge in [0.05, 0.1) is 30.5 Å². The van der Waals surface area contributed by atoms with Crippen LogP contribution in [0, 0.1) is 11.3 Å². The summed E-state index contributed by atoms with van der Waals surface area (Å²) in [4.78, 5) is 12.5. The fourth-order valence-corrected chi connectivity index (χ4v) is 3.01. The Hall–Kier alpha value is -3.17. The van der Waals surface area contributed by atoms with E-state index in [1.165, 1.54) is 14.2 Å². The molecule has 0 saturated carbocycles. The Labute approximate surface area is 155 Å². The number of amides is 1. The third-order valence-corrected chi connectivity index (χ3v) is 4.27. The smallest absolute Gasteiger partial charge is 0.244 e. The Morgan fingerprint density at radius 1 is 1.23 bits per heavy atom. The molecule has 0 unspecified atom stereocenters. The van der Waals surface area contributed by atoms with Gasteiger partial charge in [0.15, 0.2) is 0 Å². The van der Waals surface area contributed by atoms with E-state index in [4.69, 9.17) is 21.1 Å². The summed E-state index contributed by atoms with van der Waals surface area (Å²) in [5.74, 6) is 0.626. The summed E-state index contributed by atoms with van der Waals surface area (Å²) in [6.45, 7) is 0.0506. The number of nitrogens with one attached hydrogen (secondary N) is 1.